The Balaban J connectivity index is 1.57. The molecule has 1 aliphatic rings. The third kappa shape index (κ3) is 3.95. The molecule has 0 fully saturated rings. The quantitative estimate of drug-likeness (QED) is 0.385. The Bertz CT molecular complexity index is 1300. The molecule has 2 heterocycles. The van der Waals surface area contributed by atoms with Crippen LogP contribution in [-0.4, -0.2) is 27.6 Å². The zero-order chi connectivity index (χ0) is 23.1. The highest BCUT2D eigenvalue weighted by Gasteiger charge is 2.35. The SMILES string of the molecule is Cc1ccc2[nH]c3c(c2c1)CCN(C(=O)Oc1ccc(O)cc1)C3c1ccc(C(C)C)cc1. The number of carbonyl (C=O) groups excluding carboxylic acids is 1. The molecule has 2 N–H and O–H groups in total. The predicted octanol–water partition coefficient (Wildman–Crippen LogP) is 6.45. The molecule has 0 saturated carbocycles. The molecule has 1 aliphatic heterocycles. The summed E-state index contributed by atoms with van der Waals surface area (Å²) in [4.78, 5) is 18.7. The van der Waals surface area contributed by atoms with Crippen LogP contribution >= 0.6 is 0 Å². The first kappa shape index (κ1) is 21.1. The molecule has 0 saturated heterocycles. The normalized spacial score (nSPS) is 15.6. The number of aromatic nitrogens is 1. The number of aromatic amines is 1. The van der Waals surface area contributed by atoms with Crippen LogP contribution in [0.1, 0.15) is 53.8 Å². The van der Waals surface area contributed by atoms with Gasteiger partial charge in [0.05, 0.1) is 0 Å². The molecule has 0 radical (unpaired) electrons. The minimum atomic E-state index is -0.404. The van der Waals surface area contributed by atoms with Crippen LogP contribution in [0, 0.1) is 6.92 Å². The van der Waals surface area contributed by atoms with Crippen LogP contribution in [0.15, 0.2) is 66.7 Å². The van der Waals surface area contributed by atoms with Gasteiger partial charge in [-0.1, -0.05) is 49.7 Å². The lowest BCUT2D eigenvalue weighted by atomic mass is 9.91. The Kier molecular flexibility index (Phi) is 5.33. The molecule has 5 rings (SSSR count). The number of phenols is 1. The number of phenolic OH excluding ortho intramolecular Hbond substituents is 1. The van der Waals surface area contributed by atoms with Crippen LogP contribution in [0.25, 0.3) is 10.9 Å². The smallest absolute Gasteiger partial charge is 0.416 e. The van der Waals surface area contributed by atoms with Crippen molar-refractivity contribution < 1.29 is 14.6 Å². The predicted molar refractivity (Wildman–Crippen MR) is 130 cm³/mol. The van der Waals surface area contributed by atoms with Gasteiger partial charge in [0.2, 0.25) is 0 Å². The number of aryl methyl sites for hydroxylation is 1. The van der Waals surface area contributed by atoms with Gasteiger partial charge in [0, 0.05) is 23.1 Å². The van der Waals surface area contributed by atoms with E-state index in [9.17, 15) is 9.90 Å². The summed E-state index contributed by atoms with van der Waals surface area (Å²) in [5, 5.41) is 10.8. The third-order valence-corrected chi connectivity index (χ3v) is 6.48. The van der Waals surface area contributed by atoms with Crippen molar-refractivity contribution in [3.63, 3.8) is 0 Å². The highest BCUT2D eigenvalue weighted by Crippen LogP contribution is 2.39. The second kappa shape index (κ2) is 8.32. The fraction of sp³-hybridized carbons (Fsp3) is 0.250. The van der Waals surface area contributed by atoms with Gasteiger partial charge in [-0.15, -0.1) is 0 Å². The number of hydrogen-bond donors (Lipinski definition) is 2. The van der Waals surface area contributed by atoms with Crippen molar-refractivity contribution in [2.45, 2.75) is 39.2 Å². The summed E-state index contributed by atoms with van der Waals surface area (Å²) in [6, 6.07) is 20.9. The first-order valence-electron chi connectivity index (χ1n) is 11.4. The molecule has 168 valence electrons. The van der Waals surface area contributed by atoms with Gasteiger partial charge in [-0.3, -0.25) is 4.90 Å². The Labute approximate surface area is 193 Å². The number of hydrogen-bond acceptors (Lipinski definition) is 3. The number of H-pyrrole nitrogens is 1. The van der Waals surface area contributed by atoms with E-state index in [1.54, 1.807) is 17.0 Å². The topological polar surface area (TPSA) is 65.6 Å². The third-order valence-electron chi connectivity index (χ3n) is 6.48. The van der Waals surface area contributed by atoms with E-state index in [2.05, 4.69) is 68.2 Å². The van der Waals surface area contributed by atoms with Crippen molar-refractivity contribution >= 4 is 17.0 Å². The van der Waals surface area contributed by atoms with E-state index in [1.807, 2.05) is 0 Å². The fourth-order valence-corrected chi connectivity index (χ4v) is 4.68. The summed E-state index contributed by atoms with van der Waals surface area (Å²) >= 11 is 0. The lowest BCUT2D eigenvalue weighted by molar-refractivity contribution is 0.135. The van der Waals surface area contributed by atoms with Gasteiger partial charge in [0.1, 0.15) is 17.5 Å². The number of nitrogens with one attached hydrogen (secondary N) is 1. The van der Waals surface area contributed by atoms with Gasteiger partial charge >= 0.3 is 6.09 Å². The van der Waals surface area contributed by atoms with Crippen molar-refractivity contribution in [3.8, 4) is 11.5 Å². The minimum Gasteiger partial charge on any atom is -0.508 e. The Morgan fingerprint density at radius 1 is 1.06 bits per heavy atom. The number of carbonyl (C=O) groups is 1. The number of aromatic hydroxyl groups is 1. The van der Waals surface area contributed by atoms with E-state index >= 15 is 0 Å². The average molecular weight is 441 g/mol. The second-order valence-electron chi connectivity index (χ2n) is 9.10. The van der Waals surface area contributed by atoms with E-state index in [1.165, 1.54) is 34.2 Å². The average Bonchev–Trinajstić information content (AvgIpc) is 3.17. The lowest BCUT2D eigenvalue weighted by Gasteiger charge is -2.35. The van der Waals surface area contributed by atoms with Gasteiger partial charge < -0.3 is 14.8 Å². The molecule has 0 bridgehead atoms. The summed E-state index contributed by atoms with van der Waals surface area (Å²) < 4.78 is 5.69. The van der Waals surface area contributed by atoms with Gasteiger partial charge in [-0.05, 0) is 72.4 Å². The van der Waals surface area contributed by atoms with Crippen LogP contribution in [-0.2, 0) is 6.42 Å². The van der Waals surface area contributed by atoms with Gasteiger partial charge in [-0.2, -0.15) is 0 Å². The number of rotatable bonds is 3. The molecule has 3 aromatic carbocycles. The van der Waals surface area contributed by atoms with E-state index in [0.717, 1.165) is 23.2 Å². The van der Waals surface area contributed by atoms with E-state index in [0.29, 0.717) is 18.2 Å². The monoisotopic (exact) mass is 440 g/mol. The largest absolute Gasteiger partial charge is 0.508 e. The number of ether oxygens (including phenoxy) is 1. The number of nitrogens with zero attached hydrogens (tertiary/aromatic N) is 1. The number of amides is 1. The van der Waals surface area contributed by atoms with Gasteiger partial charge in [0.15, 0.2) is 0 Å². The summed E-state index contributed by atoms with van der Waals surface area (Å²) in [5.41, 5.74) is 6.92. The van der Waals surface area contributed by atoms with Crippen molar-refractivity contribution in [2.75, 3.05) is 6.54 Å². The second-order valence-corrected chi connectivity index (χ2v) is 9.10. The summed E-state index contributed by atoms with van der Waals surface area (Å²) in [6.45, 7) is 7.01. The molecule has 1 amide bonds. The van der Waals surface area contributed by atoms with E-state index in [-0.39, 0.29) is 11.8 Å². The molecular formula is C28H28N2O3. The molecule has 4 aromatic rings. The van der Waals surface area contributed by atoms with Gasteiger partial charge in [-0.25, -0.2) is 4.79 Å². The summed E-state index contributed by atoms with van der Waals surface area (Å²) in [5.74, 6) is 0.978. The van der Waals surface area contributed by atoms with Crippen LogP contribution in [0.2, 0.25) is 0 Å². The minimum absolute atomic E-state index is 0.133. The molecule has 33 heavy (non-hydrogen) atoms. The van der Waals surface area contributed by atoms with Crippen molar-refractivity contribution in [1.82, 2.24) is 9.88 Å². The highest BCUT2D eigenvalue weighted by molar-refractivity contribution is 5.87. The molecule has 1 unspecified atom stereocenters. The number of benzene rings is 3. The van der Waals surface area contributed by atoms with Crippen molar-refractivity contribution in [1.29, 1.82) is 0 Å². The Morgan fingerprint density at radius 2 is 1.79 bits per heavy atom. The molecule has 0 spiro atoms. The zero-order valence-electron chi connectivity index (χ0n) is 19.1. The highest BCUT2D eigenvalue weighted by atomic mass is 16.6. The first-order chi connectivity index (χ1) is 15.9. The zero-order valence-corrected chi connectivity index (χ0v) is 19.1. The molecule has 5 nitrogen and oxygen atoms in total. The maximum Gasteiger partial charge on any atom is 0.416 e. The fourth-order valence-electron chi connectivity index (χ4n) is 4.68. The van der Waals surface area contributed by atoms with Crippen LogP contribution in [0.3, 0.4) is 0 Å². The molecule has 5 heteroatoms. The lowest BCUT2D eigenvalue weighted by Crippen LogP contribution is -2.42. The summed E-state index contributed by atoms with van der Waals surface area (Å²) in [6.07, 6.45) is 0.350. The van der Waals surface area contributed by atoms with Crippen molar-refractivity contribution in [2.24, 2.45) is 0 Å². The Hall–Kier alpha value is -3.73. The Morgan fingerprint density at radius 3 is 2.48 bits per heavy atom. The molecule has 1 aromatic heterocycles. The molecule has 0 aliphatic carbocycles. The van der Waals surface area contributed by atoms with Crippen LogP contribution in [0.5, 0.6) is 11.5 Å². The first-order valence-corrected chi connectivity index (χ1v) is 11.4. The van der Waals surface area contributed by atoms with Crippen LogP contribution in [0.4, 0.5) is 4.79 Å². The van der Waals surface area contributed by atoms with Crippen LogP contribution < -0.4 is 4.74 Å². The maximum absolute atomic E-state index is 13.3. The summed E-state index contributed by atoms with van der Waals surface area (Å²) in [7, 11) is 0. The van der Waals surface area contributed by atoms with Gasteiger partial charge in [0.25, 0.3) is 0 Å². The van der Waals surface area contributed by atoms with E-state index in [4.69, 9.17) is 4.74 Å². The molecule has 1 atom stereocenters. The molecular weight excluding hydrogens is 412 g/mol. The standard InChI is InChI=1S/C28H28N2O3/c1-17(2)19-5-7-20(8-6-19)27-26-23(24-16-18(3)4-13-25(24)29-26)14-15-30(27)28(32)33-22-11-9-21(31)10-12-22/h4-13,16-17,27,29,31H,14-15H2,1-3H3. The van der Waals surface area contributed by atoms with Crippen molar-refractivity contribution in [3.05, 3.63) is 94.7 Å². The van der Waals surface area contributed by atoms with E-state index < -0.39 is 6.09 Å². The maximum atomic E-state index is 13.3. The number of fused-ring (bicyclic) bond motifs is 3.